The van der Waals surface area contributed by atoms with E-state index >= 15 is 0 Å². The Bertz CT molecular complexity index is 1080. The van der Waals surface area contributed by atoms with Crippen LogP contribution in [0.5, 0.6) is 0 Å². The Hall–Kier alpha value is -3.96. The Morgan fingerprint density at radius 1 is 0.645 bits per heavy atom. The zero-order valence-corrected chi connectivity index (χ0v) is 17.2. The number of rotatable bonds is 7. The van der Waals surface area contributed by atoms with Gasteiger partial charge in [0.1, 0.15) is 0 Å². The molecule has 5 heteroatoms. The largest absolute Gasteiger partial charge is 0.274 e. The van der Waals surface area contributed by atoms with Gasteiger partial charge >= 0.3 is 0 Å². The van der Waals surface area contributed by atoms with E-state index in [-0.39, 0.29) is 16.7 Å². The summed E-state index contributed by atoms with van der Waals surface area (Å²) in [4.78, 5) is 10.8. The predicted octanol–water partition coefficient (Wildman–Crippen LogP) is 6.37. The van der Waals surface area contributed by atoms with Crippen LogP contribution >= 0.6 is 0 Å². The van der Waals surface area contributed by atoms with Crippen molar-refractivity contribution in [2.24, 2.45) is 0 Å². The molecule has 0 N–H and O–H groups in total. The van der Waals surface area contributed by atoms with Crippen molar-refractivity contribution in [2.45, 2.75) is 6.04 Å². The lowest BCUT2D eigenvalue weighted by molar-refractivity contribution is -0.384. The van der Waals surface area contributed by atoms with Crippen molar-refractivity contribution in [3.8, 4) is 0 Å². The van der Waals surface area contributed by atoms with Gasteiger partial charge in [-0.1, -0.05) is 78.9 Å². The Morgan fingerprint density at radius 2 is 1.06 bits per heavy atom. The van der Waals surface area contributed by atoms with Crippen LogP contribution in [0.4, 0.5) is 17.1 Å². The fourth-order valence-corrected chi connectivity index (χ4v) is 3.80. The smallest absolute Gasteiger partial charge is 0.269 e. The van der Waals surface area contributed by atoms with Crippen molar-refractivity contribution in [3.63, 3.8) is 0 Å². The van der Waals surface area contributed by atoms with Crippen molar-refractivity contribution in [3.05, 3.63) is 137 Å². The average Bonchev–Trinajstić information content (AvgIpc) is 2.82. The van der Waals surface area contributed by atoms with Crippen molar-refractivity contribution in [1.82, 2.24) is 5.01 Å². The molecule has 31 heavy (non-hydrogen) atoms. The molecule has 0 saturated heterocycles. The first-order valence-electron chi connectivity index (χ1n) is 10.1. The summed E-state index contributed by atoms with van der Waals surface area (Å²) in [6.45, 7) is 0. The highest BCUT2D eigenvalue weighted by Gasteiger charge is 2.26. The second-order valence-corrected chi connectivity index (χ2v) is 7.22. The molecule has 4 rings (SSSR count). The van der Waals surface area contributed by atoms with Crippen LogP contribution in [0.2, 0.25) is 0 Å². The molecule has 0 fully saturated rings. The molecule has 0 amide bonds. The van der Waals surface area contributed by atoms with Gasteiger partial charge in [-0.2, -0.15) is 0 Å². The van der Waals surface area contributed by atoms with Gasteiger partial charge < -0.3 is 0 Å². The quantitative estimate of drug-likeness (QED) is 0.263. The van der Waals surface area contributed by atoms with E-state index in [1.807, 2.05) is 73.8 Å². The van der Waals surface area contributed by atoms with Crippen LogP contribution in [-0.2, 0) is 0 Å². The first-order valence-corrected chi connectivity index (χ1v) is 10.1. The molecule has 0 saturated carbocycles. The minimum Gasteiger partial charge on any atom is -0.274 e. The molecule has 154 valence electrons. The summed E-state index contributed by atoms with van der Waals surface area (Å²) in [6, 6.07) is 37.2. The fraction of sp³-hybridized carbons (Fsp3) is 0.0769. The number of hydrogen-bond donors (Lipinski definition) is 0. The molecule has 0 aliphatic rings. The molecule has 1 unspecified atom stereocenters. The van der Waals surface area contributed by atoms with E-state index in [2.05, 4.69) is 46.4 Å². The number of nitro groups is 1. The molecule has 5 nitrogen and oxygen atoms in total. The average molecular weight is 409 g/mol. The lowest BCUT2D eigenvalue weighted by atomic mass is 9.98. The molecule has 0 spiro atoms. The summed E-state index contributed by atoms with van der Waals surface area (Å²) in [7, 11) is 2.04. The molecular weight excluding hydrogens is 386 g/mol. The second-order valence-electron chi connectivity index (χ2n) is 7.22. The Balaban J connectivity index is 1.83. The molecule has 0 aliphatic carbocycles. The van der Waals surface area contributed by atoms with E-state index < -0.39 is 0 Å². The zero-order chi connectivity index (χ0) is 21.6. The molecule has 0 heterocycles. The third-order valence-electron chi connectivity index (χ3n) is 5.23. The normalized spacial score (nSPS) is 11.8. The van der Waals surface area contributed by atoms with E-state index in [1.54, 1.807) is 12.1 Å². The Morgan fingerprint density at radius 3 is 1.52 bits per heavy atom. The Labute approximate surface area is 181 Å². The predicted molar refractivity (Wildman–Crippen MR) is 124 cm³/mol. The van der Waals surface area contributed by atoms with E-state index in [0.717, 1.165) is 22.5 Å². The lowest BCUT2D eigenvalue weighted by Gasteiger charge is -2.39. The fourth-order valence-electron chi connectivity index (χ4n) is 3.80. The highest BCUT2D eigenvalue weighted by molar-refractivity contribution is 5.62. The first kappa shape index (κ1) is 20.3. The maximum absolute atomic E-state index is 11.2. The van der Waals surface area contributed by atoms with E-state index in [0.29, 0.717) is 0 Å². The number of anilines is 2. The monoisotopic (exact) mass is 409 g/mol. The lowest BCUT2D eigenvalue weighted by Crippen LogP contribution is -2.39. The van der Waals surface area contributed by atoms with Crippen molar-refractivity contribution in [1.29, 1.82) is 0 Å². The van der Waals surface area contributed by atoms with E-state index in [1.165, 1.54) is 0 Å². The molecule has 0 aliphatic heterocycles. The number of non-ortho nitro benzene ring substituents is 1. The molecule has 0 bridgehead atoms. The first-order chi connectivity index (χ1) is 15.1. The second kappa shape index (κ2) is 9.24. The summed E-state index contributed by atoms with van der Waals surface area (Å²) in [6.07, 6.45) is 0. The van der Waals surface area contributed by atoms with Gasteiger partial charge in [0, 0.05) is 19.2 Å². The van der Waals surface area contributed by atoms with Crippen molar-refractivity contribution < 1.29 is 4.92 Å². The van der Waals surface area contributed by atoms with Crippen LogP contribution in [0, 0.1) is 10.1 Å². The number of nitro benzene ring substituents is 1. The summed E-state index contributed by atoms with van der Waals surface area (Å²) in [5.41, 5.74) is 4.20. The summed E-state index contributed by atoms with van der Waals surface area (Å²) in [5, 5.41) is 15.5. The van der Waals surface area contributed by atoms with Crippen LogP contribution in [0.1, 0.15) is 17.2 Å². The topological polar surface area (TPSA) is 49.6 Å². The van der Waals surface area contributed by atoms with E-state index in [4.69, 9.17) is 0 Å². The molecule has 1 atom stereocenters. The number of hydrazine groups is 1. The minimum atomic E-state index is -0.370. The molecule has 0 aromatic heterocycles. The highest BCUT2D eigenvalue weighted by atomic mass is 16.6. The summed E-state index contributed by atoms with van der Waals surface area (Å²) in [5.74, 6) is 0. The van der Waals surface area contributed by atoms with Gasteiger partial charge in [-0.3, -0.25) is 15.1 Å². The summed E-state index contributed by atoms with van der Waals surface area (Å²) >= 11 is 0. The van der Waals surface area contributed by atoms with Crippen LogP contribution in [0.15, 0.2) is 115 Å². The van der Waals surface area contributed by atoms with Crippen LogP contribution in [0.25, 0.3) is 0 Å². The zero-order valence-electron chi connectivity index (χ0n) is 17.2. The van der Waals surface area contributed by atoms with Gasteiger partial charge in [-0.05, 0) is 35.4 Å². The molecule has 4 aromatic rings. The maximum atomic E-state index is 11.2. The maximum Gasteiger partial charge on any atom is 0.269 e. The third-order valence-corrected chi connectivity index (χ3v) is 5.23. The minimum absolute atomic E-state index is 0.0844. The van der Waals surface area contributed by atoms with Crippen molar-refractivity contribution >= 4 is 17.1 Å². The van der Waals surface area contributed by atoms with Crippen LogP contribution < -0.4 is 5.01 Å². The Kier molecular flexibility index (Phi) is 6.05. The number of hydrogen-bond acceptors (Lipinski definition) is 4. The van der Waals surface area contributed by atoms with Crippen LogP contribution in [0.3, 0.4) is 0 Å². The summed E-state index contributed by atoms with van der Waals surface area (Å²) < 4.78 is 0. The number of benzene rings is 4. The van der Waals surface area contributed by atoms with Gasteiger partial charge in [0.2, 0.25) is 0 Å². The van der Waals surface area contributed by atoms with Gasteiger partial charge in [0.15, 0.2) is 0 Å². The number of nitrogens with zero attached hydrogens (tertiary/aromatic N) is 3. The third kappa shape index (κ3) is 4.47. The van der Waals surface area contributed by atoms with Crippen molar-refractivity contribution in [2.75, 3.05) is 12.1 Å². The van der Waals surface area contributed by atoms with Crippen LogP contribution in [-0.4, -0.2) is 17.0 Å². The van der Waals surface area contributed by atoms with Gasteiger partial charge in [0.25, 0.3) is 5.69 Å². The molecular formula is C26H23N3O2. The van der Waals surface area contributed by atoms with Gasteiger partial charge in [-0.25, -0.2) is 5.01 Å². The van der Waals surface area contributed by atoms with Gasteiger partial charge in [0.05, 0.1) is 22.3 Å². The van der Waals surface area contributed by atoms with E-state index in [9.17, 15) is 10.1 Å². The standard InChI is InChI=1S/C26H23N3O2/c1-27(28(23-13-7-3-8-14-23)24-15-9-4-10-16-24)26(21-11-5-2-6-12-21)22-17-19-25(20-18-22)29(30)31/h2-20,26H,1H3. The number of para-hydroxylation sites is 2. The molecule has 0 radical (unpaired) electrons. The molecule has 4 aromatic carbocycles. The van der Waals surface area contributed by atoms with Gasteiger partial charge in [-0.15, -0.1) is 0 Å². The highest BCUT2D eigenvalue weighted by Crippen LogP contribution is 2.35. The SMILES string of the molecule is CN(C(c1ccccc1)c1ccc([N+](=O)[O-])cc1)N(c1ccccc1)c1ccccc1.